The fraction of sp³-hybridized carbons (Fsp3) is 0.636. The fourth-order valence-electron chi connectivity index (χ4n) is 1.67. The Hall–Kier alpha value is -0.850. The molecule has 0 aliphatic carbocycles. The molecule has 1 N–H and O–H groups in total. The van der Waals surface area contributed by atoms with E-state index in [4.69, 9.17) is 4.42 Å². The van der Waals surface area contributed by atoms with Gasteiger partial charge in [0.1, 0.15) is 11.9 Å². The SMILES string of the molecule is CC(C)(C)S(=O)(=O)N1CC1C(O)c1ccco1. The van der Waals surface area contributed by atoms with Gasteiger partial charge in [0.15, 0.2) is 0 Å². The first kappa shape index (κ1) is 12.6. The van der Waals surface area contributed by atoms with E-state index < -0.39 is 26.9 Å². The van der Waals surface area contributed by atoms with Gasteiger partial charge < -0.3 is 9.52 Å². The lowest BCUT2D eigenvalue weighted by Crippen LogP contribution is -2.35. The molecule has 0 bridgehead atoms. The number of aliphatic hydroxyl groups is 1. The van der Waals surface area contributed by atoms with Crippen LogP contribution in [-0.4, -0.2) is 35.2 Å². The number of sulfonamides is 1. The van der Waals surface area contributed by atoms with Crippen LogP contribution in [0.3, 0.4) is 0 Å². The van der Waals surface area contributed by atoms with Crippen molar-refractivity contribution in [2.24, 2.45) is 0 Å². The number of furan rings is 1. The van der Waals surface area contributed by atoms with Crippen LogP contribution in [0.5, 0.6) is 0 Å². The first-order valence-electron chi connectivity index (χ1n) is 5.48. The lowest BCUT2D eigenvalue weighted by molar-refractivity contribution is 0.140. The van der Waals surface area contributed by atoms with Crippen molar-refractivity contribution < 1.29 is 17.9 Å². The van der Waals surface area contributed by atoms with Crippen molar-refractivity contribution in [3.63, 3.8) is 0 Å². The molecule has 6 heteroatoms. The molecule has 3 atom stereocenters. The molecule has 0 amide bonds. The Kier molecular flexibility index (Phi) is 2.84. The maximum Gasteiger partial charge on any atom is 0.219 e. The number of aliphatic hydroxyl groups excluding tert-OH is 1. The van der Waals surface area contributed by atoms with Crippen molar-refractivity contribution in [1.29, 1.82) is 0 Å². The van der Waals surface area contributed by atoms with Crippen molar-refractivity contribution in [2.75, 3.05) is 6.54 Å². The maximum absolute atomic E-state index is 12.1. The Morgan fingerprint density at radius 2 is 2.18 bits per heavy atom. The zero-order valence-corrected chi connectivity index (χ0v) is 10.9. The van der Waals surface area contributed by atoms with Crippen LogP contribution < -0.4 is 0 Å². The summed E-state index contributed by atoms with van der Waals surface area (Å²) < 4.78 is 29.7. The van der Waals surface area contributed by atoms with Crippen molar-refractivity contribution in [3.05, 3.63) is 24.2 Å². The van der Waals surface area contributed by atoms with Gasteiger partial charge in [0.05, 0.1) is 17.1 Å². The Bertz CT molecular complexity index is 486. The lowest BCUT2D eigenvalue weighted by atomic mass is 10.2. The van der Waals surface area contributed by atoms with Gasteiger partial charge in [-0.15, -0.1) is 0 Å². The Balaban J connectivity index is 2.12. The van der Waals surface area contributed by atoms with E-state index in [0.29, 0.717) is 12.3 Å². The van der Waals surface area contributed by atoms with E-state index in [1.807, 2.05) is 0 Å². The molecule has 96 valence electrons. The average Bonchev–Trinajstić information content (AvgIpc) is 2.83. The topological polar surface area (TPSA) is 70.5 Å². The third-order valence-corrected chi connectivity index (χ3v) is 5.47. The molecule has 2 rings (SSSR count). The lowest BCUT2D eigenvalue weighted by Gasteiger charge is -2.20. The highest BCUT2D eigenvalue weighted by Gasteiger charge is 2.52. The summed E-state index contributed by atoms with van der Waals surface area (Å²) in [5, 5.41) is 9.95. The minimum Gasteiger partial charge on any atom is -0.467 e. The van der Waals surface area contributed by atoms with Gasteiger partial charge in [0.25, 0.3) is 0 Å². The fourth-order valence-corrected chi connectivity index (χ4v) is 3.20. The number of rotatable bonds is 3. The van der Waals surface area contributed by atoms with E-state index in [1.165, 1.54) is 10.6 Å². The monoisotopic (exact) mass is 259 g/mol. The second kappa shape index (κ2) is 3.83. The molecule has 0 saturated carbocycles. The molecule has 1 aliphatic heterocycles. The number of nitrogens with zero attached hydrogens (tertiary/aromatic N) is 1. The Morgan fingerprint density at radius 1 is 1.53 bits per heavy atom. The quantitative estimate of drug-likeness (QED) is 0.826. The van der Waals surface area contributed by atoms with E-state index in [-0.39, 0.29) is 0 Å². The van der Waals surface area contributed by atoms with E-state index in [2.05, 4.69) is 0 Å². The second-order valence-electron chi connectivity index (χ2n) is 5.21. The molecule has 1 aromatic heterocycles. The summed E-state index contributed by atoms with van der Waals surface area (Å²) >= 11 is 0. The Morgan fingerprint density at radius 3 is 2.65 bits per heavy atom. The number of hydrogen-bond donors (Lipinski definition) is 1. The first-order valence-corrected chi connectivity index (χ1v) is 6.92. The van der Waals surface area contributed by atoms with Crippen LogP contribution in [0.15, 0.2) is 22.8 Å². The van der Waals surface area contributed by atoms with Crippen LogP contribution in [-0.2, 0) is 10.0 Å². The van der Waals surface area contributed by atoms with Crippen molar-refractivity contribution >= 4 is 10.0 Å². The molecule has 0 radical (unpaired) electrons. The zero-order chi connectivity index (χ0) is 12.8. The highest BCUT2D eigenvalue weighted by atomic mass is 32.2. The summed E-state index contributed by atoms with van der Waals surface area (Å²) in [6, 6.07) is 2.92. The van der Waals surface area contributed by atoms with Gasteiger partial charge in [-0.05, 0) is 32.9 Å². The molecule has 1 aromatic rings. The third-order valence-electron chi connectivity index (χ3n) is 2.89. The van der Waals surface area contributed by atoms with Crippen molar-refractivity contribution in [2.45, 2.75) is 37.7 Å². The molecule has 5 nitrogen and oxygen atoms in total. The van der Waals surface area contributed by atoms with Gasteiger partial charge in [0.2, 0.25) is 10.0 Å². The summed E-state index contributed by atoms with van der Waals surface area (Å²) in [7, 11) is -3.36. The predicted molar refractivity (Wildman–Crippen MR) is 62.8 cm³/mol. The summed E-state index contributed by atoms with van der Waals surface area (Å²) in [4.78, 5) is 0. The van der Waals surface area contributed by atoms with Crippen LogP contribution in [0.4, 0.5) is 0 Å². The predicted octanol–water partition coefficient (Wildman–Crippen LogP) is 1.13. The normalized spacial score (nSPS) is 26.8. The van der Waals surface area contributed by atoms with Crippen LogP contribution in [0.1, 0.15) is 32.6 Å². The third kappa shape index (κ3) is 2.12. The van der Waals surface area contributed by atoms with Crippen molar-refractivity contribution in [1.82, 2.24) is 4.31 Å². The molecule has 17 heavy (non-hydrogen) atoms. The molecule has 1 aliphatic rings. The van der Waals surface area contributed by atoms with E-state index in [9.17, 15) is 13.5 Å². The van der Waals surface area contributed by atoms with Crippen LogP contribution >= 0.6 is 0 Å². The summed E-state index contributed by atoms with van der Waals surface area (Å²) in [5.74, 6) is 0.404. The molecule has 2 heterocycles. The van der Waals surface area contributed by atoms with E-state index >= 15 is 0 Å². The van der Waals surface area contributed by atoms with Crippen LogP contribution in [0, 0.1) is 0 Å². The number of hydrogen-bond acceptors (Lipinski definition) is 4. The summed E-state index contributed by atoms with van der Waals surface area (Å²) in [6.07, 6.45) is 0.575. The van der Waals surface area contributed by atoms with Crippen LogP contribution in [0.25, 0.3) is 0 Å². The highest BCUT2D eigenvalue weighted by molar-refractivity contribution is 7.90. The minimum atomic E-state index is -3.36. The van der Waals surface area contributed by atoms with Gasteiger partial charge in [-0.25, -0.2) is 8.42 Å². The smallest absolute Gasteiger partial charge is 0.219 e. The minimum absolute atomic E-state index is 0.349. The molecule has 0 aromatic carbocycles. The molecular formula is C11H17NO4S. The standard InChI is InChI=1S/C11H17NO4S/c1-11(2,3)17(14,15)12-7-8(12)10(13)9-5-4-6-16-9/h4-6,8,10,13H,7H2,1-3H3. The molecular weight excluding hydrogens is 242 g/mol. The maximum atomic E-state index is 12.1. The average molecular weight is 259 g/mol. The molecule has 0 spiro atoms. The summed E-state index contributed by atoms with van der Waals surface area (Å²) in [5.41, 5.74) is 0. The van der Waals surface area contributed by atoms with E-state index in [0.717, 1.165) is 0 Å². The Labute approximate surface area is 101 Å². The second-order valence-corrected chi connectivity index (χ2v) is 7.86. The van der Waals surface area contributed by atoms with Crippen LogP contribution in [0.2, 0.25) is 0 Å². The zero-order valence-electron chi connectivity index (χ0n) is 10.1. The van der Waals surface area contributed by atoms with Crippen molar-refractivity contribution in [3.8, 4) is 0 Å². The molecule has 1 fully saturated rings. The first-order chi connectivity index (χ1) is 7.75. The largest absolute Gasteiger partial charge is 0.467 e. The van der Waals surface area contributed by atoms with Gasteiger partial charge in [-0.2, -0.15) is 4.31 Å². The van der Waals surface area contributed by atoms with Gasteiger partial charge in [0, 0.05) is 6.54 Å². The highest BCUT2D eigenvalue weighted by Crippen LogP contribution is 2.37. The molecule has 1 saturated heterocycles. The molecule has 3 unspecified atom stereocenters. The van der Waals surface area contributed by atoms with Gasteiger partial charge in [-0.1, -0.05) is 0 Å². The van der Waals surface area contributed by atoms with E-state index in [1.54, 1.807) is 32.9 Å². The van der Waals surface area contributed by atoms with Gasteiger partial charge in [-0.3, -0.25) is 0 Å². The summed E-state index contributed by atoms with van der Waals surface area (Å²) in [6.45, 7) is 5.30. The van der Waals surface area contributed by atoms with Gasteiger partial charge >= 0.3 is 0 Å².